The minimum absolute atomic E-state index is 0.130. The molecule has 5 nitrogen and oxygen atoms in total. The van der Waals surface area contributed by atoms with Crippen molar-refractivity contribution in [2.45, 2.75) is 56.5 Å². The van der Waals surface area contributed by atoms with Gasteiger partial charge >= 0.3 is 0 Å². The third-order valence-electron chi connectivity index (χ3n) is 5.57. The molecule has 5 heteroatoms. The molecule has 2 saturated carbocycles. The van der Waals surface area contributed by atoms with Gasteiger partial charge in [-0.25, -0.2) is 0 Å². The van der Waals surface area contributed by atoms with Gasteiger partial charge in [-0.2, -0.15) is 5.26 Å². The number of ketones is 1. The van der Waals surface area contributed by atoms with Crippen LogP contribution in [0.2, 0.25) is 0 Å². The molecule has 0 aromatic heterocycles. The smallest absolute Gasteiger partial charge is 0.161 e. The molecule has 27 heavy (non-hydrogen) atoms. The Morgan fingerprint density at radius 3 is 2.63 bits per heavy atom. The molecular weight excluding hydrogens is 340 g/mol. The number of hydrogen-bond acceptors (Lipinski definition) is 5. The molecule has 0 radical (unpaired) electrons. The van der Waals surface area contributed by atoms with Crippen molar-refractivity contribution in [3.63, 3.8) is 0 Å². The number of hydrogen-bond donors (Lipinski definition) is 0. The molecular formula is C22H28N2O3. The number of carbonyl (C=O) groups excluding carboxylic acids is 1. The largest absolute Gasteiger partial charge is 0.493 e. The molecule has 0 amide bonds. The van der Waals surface area contributed by atoms with Crippen LogP contribution in [0.25, 0.3) is 0 Å². The van der Waals surface area contributed by atoms with Crippen molar-refractivity contribution in [3.8, 4) is 17.6 Å². The predicted octanol–water partition coefficient (Wildman–Crippen LogP) is 3.98. The van der Waals surface area contributed by atoms with Gasteiger partial charge in [-0.1, -0.05) is 6.07 Å². The van der Waals surface area contributed by atoms with Gasteiger partial charge in [-0.15, -0.1) is 0 Å². The monoisotopic (exact) mass is 368 g/mol. The highest BCUT2D eigenvalue weighted by atomic mass is 16.5. The van der Waals surface area contributed by atoms with Gasteiger partial charge in [-0.3, -0.25) is 4.79 Å². The summed E-state index contributed by atoms with van der Waals surface area (Å²) in [6.45, 7) is 0. The SMILES string of the molecule is COc1ccc(C2(C#N)CCC(=O)/C(=C/N(C)C)C2)cc1OC1CCCC1. The van der Waals surface area contributed by atoms with Gasteiger partial charge in [0.25, 0.3) is 0 Å². The number of methoxy groups -OCH3 is 1. The van der Waals surface area contributed by atoms with Crippen LogP contribution in [0.4, 0.5) is 0 Å². The van der Waals surface area contributed by atoms with E-state index in [9.17, 15) is 10.1 Å². The molecule has 0 spiro atoms. The number of rotatable bonds is 5. The predicted molar refractivity (Wildman–Crippen MR) is 104 cm³/mol. The number of allylic oxidation sites excluding steroid dienone is 1. The summed E-state index contributed by atoms with van der Waals surface area (Å²) in [6.07, 6.45) is 7.89. The maximum Gasteiger partial charge on any atom is 0.161 e. The van der Waals surface area contributed by atoms with Gasteiger partial charge in [0.2, 0.25) is 0 Å². The molecule has 0 N–H and O–H groups in total. The summed E-state index contributed by atoms with van der Waals surface area (Å²) >= 11 is 0. The zero-order valence-electron chi connectivity index (χ0n) is 16.5. The lowest BCUT2D eigenvalue weighted by Crippen LogP contribution is -2.32. The van der Waals surface area contributed by atoms with Crippen molar-refractivity contribution in [2.75, 3.05) is 21.2 Å². The Morgan fingerprint density at radius 1 is 1.26 bits per heavy atom. The van der Waals surface area contributed by atoms with Gasteiger partial charge in [0, 0.05) is 38.7 Å². The summed E-state index contributed by atoms with van der Waals surface area (Å²) in [4.78, 5) is 14.2. The lowest BCUT2D eigenvalue weighted by atomic mass is 9.68. The standard InChI is InChI=1S/C22H28N2O3/c1-24(2)14-16-13-22(15-23,11-10-19(16)25)17-8-9-20(26-3)21(12-17)27-18-6-4-5-7-18/h8-9,12,14,18H,4-7,10-11,13H2,1-3H3/b16-14+. The first kappa shape index (κ1) is 19.3. The molecule has 0 saturated heterocycles. The number of ether oxygens (including phenoxy) is 2. The Kier molecular flexibility index (Phi) is 5.74. The molecule has 1 aromatic rings. The van der Waals surface area contributed by atoms with Crippen LogP contribution in [-0.4, -0.2) is 38.0 Å². The Morgan fingerprint density at radius 2 is 2.00 bits per heavy atom. The molecule has 1 aromatic carbocycles. The third-order valence-corrected chi connectivity index (χ3v) is 5.57. The van der Waals surface area contributed by atoms with Gasteiger partial charge in [0.1, 0.15) is 0 Å². The lowest BCUT2D eigenvalue weighted by Gasteiger charge is -2.33. The van der Waals surface area contributed by atoms with E-state index in [2.05, 4.69) is 6.07 Å². The number of Topliss-reactive ketones (excluding diaryl/α,β-unsaturated/α-hetero) is 1. The summed E-state index contributed by atoms with van der Waals surface area (Å²) in [7, 11) is 5.42. The van der Waals surface area contributed by atoms with Crippen molar-refractivity contribution in [1.29, 1.82) is 5.26 Å². The van der Waals surface area contributed by atoms with Crippen LogP contribution in [0.5, 0.6) is 11.5 Å². The van der Waals surface area contributed by atoms with Crippen LogP contribution in [-0.2, 0) is 10.2 Å². The molecule has 144 valence electrons. The van der Waals surface area contributed by atoms with Crippen molar-refractivity contribution in [3.05, 3.63) is 35.5 Å². The minimum atomic E-state index is -0.712. The Balaban J connectivity index is 1.95. The fraction of sp³-hybridized carbons (Fsp3) is 0.545. The highest BCUT2D eigenvalue weighted by Crippen LogP contribution is 2.43. The van der Waals surface area contributed by atoms with E-state index in [4.69, 9.17) is 9.47 Å². The second kappa shape index (κ2) is 8.04. The lowest BCUT2D eigenvalue weighted by molar-refractivity contribution is -0.117. The topological polar surface area (TPSA) is 62.6 Å². The van der Waals surface area contributed by atoms with E-state index in [0.29, 0.717) is 36.3 Å². The van der Waals surface area contributed by atoms with Crippen molar-refractivity contribution in [2.24, 2.45) is 0 Å². The normalized spacial score (nSPS) is 24.7. The number of benzene rings is 1. The van der Waals surface area contributed by atoms with Gasteiger partial charge in [-0.05, 0) is 49.8 Å². The first-order valence-corrected chi connectivity index (χ1v) is 9.64. The molecule has 1 unspecified atom stereocenters. The zero-order valence-corrected chi connectivity index (χ0v) is 16.5. The van der Waals surface area contributed by atoms with Crippen molar-refractivity contribution >= 4 is 5.78 Å². The summed E-state index contributed by atoms with van der Waals surface area (Å²) in [5.41, 5.74) is 0.897. The van der Waals surface area contributed by atoms with E-state index in [1.54, 1.807) is 7.11 Å². The Labute approximate surface area is 161 Å². The molecule has 0 aliphatic heterocycles. The average molecular weight is 368 g/mol. The van der Waals surface area contributed by atoms with E-state index < -0.39 is 5.41 Å². The fourth-order valence-corrected chi connectivity index (χ4v) is 4.09. The first-order chi connectivity index (χ1) is 13.0. The molecule has 0 bridgehead atoms. The number of carbonyl (C=O) groups is 1. The van der Waals surface area contributed by atoms with Gasteiger partial charge in [0.05, 0.1) is 24.7 Å². The molecule has 2 fully saturated rings. The summed E-state index contributed by atoms with van der Waals surface area (Å²) in [5.74, 6) is 1.52. The quantitative estimate of drug-likeness (QED) is 0.736. The van der Waals surface area contributed by atoms with Gasteiger partial charge < -0.3 is 14.4 Å². The molecule has 2 aliphatic rings. The molecule has 2 aliphatic carbocycles. The minimum Gasteiger partial charge on any atom is -0.493 e. The van der Waals surface area contributed by atoms with Crippen LogP contribution in [0.3, 0.4) is 0 Å². The second-order valence-corrected chi connectivity index (χ2v) is 7.80. The van der Waals surface area contributed by atoms with Crippen LogP contribution in [0.1, 0.15) is 50.5 Å². The van der Waals surface area contributed by atoms with E-state index in [1.165, 1.54) is 12.8 Å². The number of nitrogens with zero attached hydrogens (tertiary/aromatic N) is 2. The Hall–Kier alpha value is -2.48. The third kappa shape index (κ3) is 4.10. The van der Waals surface area contributed by atoms with E-state index >= 15 is 0 Å². The highest BCUT2D eigenvalue weighted by Gasteiger charge is 2.40. The van der Waals surface area contributed by atoms with Crippen LogP contribution in [0.15, 0.2) is 30.0 Å². The number of nitriles is 1. The molecule has 1 atom stereocenters. The Bertz CT molecular complexity index is 772. The van der Waals surface area contributed by atoms with Crippen LogP contribution < -0.4 is 9.47 Å². The summed E-state index contributed by atoms with van der Waals surface area (Å²) in [6, 6.07) is 8.27. The average Bonchev–Trinajstić information content (AvgIpc) is 3.16. The van der Waals surface area contributed by atoms with Crippen molar-refractivity contribution < 1.29 is 14.3 Å². The first-order valence-electron chi connectivity index (χ1n) is 9.64. The molecule has 3 rings (SSSR count). The second-order valence-electron chi connectivity index (χ2n) is 7.80. The summed E-state index contributed by atoms with van der Waals surface area (Å²) < 4.78 is 11.7. The van der Waals surface area contributed by atoms with Crippen LogP contribution >= 0.6 is 0 Å². The zero-order chi connectivity index (χ0) is 19.4. The maximum absolute atomic E-state index is 12.3. The maximum atomic E-state index is 12.3. The summed E-state index contributed by atoms with van der Waals surface area (Å²) in [5, 5.41) is 10.1. The van der Waals surface area contributed by atoms with E-state index in [0.717, 1.165) is 18.4 Å². The highest BCUT2D eigenvalue weighted by molar-refractivity contribution is 5.96. The van der Waals surface area contributed by atoms with Crippen LogP contribution in [0, 0.1) is 11.3 Å². The van der Waals surface area contributed by atoms with Crippen molar-refractivity contribution in [1.82, 2.24) is 4.90 Å². The van der Waals surface area contributed by atoms with E-state index in [-0.39, 0.29) is 11.9 Å². The fourth-order valence-electron chi connectivity index (χ4n) is 4.09. The van der Waals surface area contributed by atoms with E-state index in [1.807, 2.05) is 43.4 Å². The van der Waals surface area contributed by atoms with Gasteiger partial charge in [0.15, 0.2) is 17.3 Å². The molecule has 0 heterocycles.